The van der Waals surface area contributed by atoms with Gasteiger partial charge in [-0.15, -0.1) is 0 Å². The summed E-state index contributed by atoms with van der Waals surface area (Å²) in [5.74, 6) is 0.299. The summed E-state index contributed by atoms with van der Waals surface area (Å²) < 4.78 is 0. The van der Waals surface area contributed by atoms with Gasteiger partial charge in [0.25, 0.3) is 0 Å². The fraction of sp³-hybridized carbons (Fsp3) is 0.0714. The number of benzene rings is 2. The highest BCUT2D eigenvalue weighted by Gasteiger charge is 2.25. The maximum atomic E-state index is 5.14. The molecule has 0 aliphatic heterocycles. The first-order valence-corrected chi connectivity index (χ1v) is 5.52. The highest BCUT2D eigenvalue weighted by atomic mass is 32.1. The molecular formula is C14H10S. The van der Waals surface area contributed by atoms with Crippen molar-refractivity contribution in [2.75, 3.05) is 0 Å². The summed E-state index contributed by atoms with van der Waals surface area (Å²) in [5.41, 5.74) is 5.35. The fourth-order valence-corrected chi connectivity index (χ4v) is 2.63. The molecule has 0 radical (unpaired) electrons. The van der Waals surface area contributed by atoms with Crippen LogP contribution in [0.4, 0.5) is 0 Å². The Morgan fingerprint density at radius 2 is 1.27 bits per heavy atom. The van der Waals surface area contributed by atoms with E-state index in [4.69, 9.17) is 12.2 Å². The maximum absolute atomic E-state index is 5.14. The smallest absolute Gasteiger partial charge is 0.0385 e. The van der Waals surface area contributed by atoms with Crippen LogP contribution in [-0.4, -0.2) is 5.37 Å². The SMILES string of the molecule is S=CC1c2ccccc2-c2ccccc21. The lowest BCUT2D eigenvalue weighted by Crippen LogP contribution is -1.95. The van der Waals surface area contributed by atoms with Crippen LogP contribution in [0.2, 0.25) is 0 Å². The molecule has 1 heteroatoms. The third-order valence-corrected chi connectivity index (χ3v) is 3.29. The van der Waals surface area contributed by atoms with Crippen molar-refractivity contribution in [1.82, 2.24) is 0 Å². The van der Waals surface area contributed by atoms with Gasteiger partial charge in [0, 0.05) is 5.92 Å². The van der Waals surface area contributed by atoms with Gasteiger partial charge in [0.1, 0.15) is 0 Å². The van der Waals surface area contributed by atoms with Gasteiger partial charge < -0.3 is 0 Å². The minimum Gasteiger partial charge on any atom is -0.0924 e. The first kappa shape index (κ1) is 8.81. The molecule has 0 nitrogen and oxygen atoms in total. The van der Waals surface area contributed by atoms with Crippen LogP contribution < -0.4 is 0 Å². The molecule has 0 saturated carbocycles. The Bertz CT molecular complexity index is 483. The van der Waals surface area contributed by atoms with Gasteiger partial charge >= 0.3 is 0 Å². The Labute approximate surface area is 94.6 Å². The van der Waals surface area contributed by atoms with Crippen molar-refractivity contribution in [2.45, 2.75) is 5.92 Å². The molecular weight excluding hydrogens is 200 g/mol. The van der Waals surface area contributed by atoms with Crippen molar-refractivity contribution in [2.24, 2.45) is 0 Å². The Kier molecular flexibility index (Phi) is 1.93. The molecule has 3 rings (SSSR count). The van der Waals surface area contributed by atoms with Crippen molar-refractivity contribution in [3.63, 3.8) is 0 Å². The van der Waals surface area contributed by atoms with E-state index in [2.05, 4.69) is 48.5 Å². The molecule has 0 aromatic heterocycles. The van der Waals surface area contributed by atoms with E-state index in [0.29, 0.717) is 5.92 Å². The first-order valence-electron chi connectivity index (χ1n) is 5.05. The van der Waals surface area contributed by atoms with Crippen molar-refractivity contribution < 1.29 is 0 Å². The molecule has 0 N–H and O–H groups in total. The molecule has 0 unspecified atom stereocenters. The summed E-state index contributed by atoms with van der Waals surface area (Å²) in [4.78, 5) is 0. The molecule has 2 aromatic carbocycles. The molecule has 1 aliphatic rings. The molecule has 72 valence electrons. The summed E-state index contributed by atoms with van der Waals surface area (Å²) in [6.45, 7) is 0. The summed E-state index contributed by atoms with van der Waals surface area (Å²) in [6.07, 6.45) is 0. The van der Waals surface area contributed by atoms with Crippen LogP contribution in [0.25, 0.3) is 11.1 Å². The normalized spacial score (nSPS) is 13.3. The van der Waals surface area contributed by atoms with E-state index < -0.39 is 0 Å². The van der Waals surface area contributed by atoms with Crippen LogP contribution in [0.1, 0.15) is 17.0 Å². The second-order valence-corrected chi connectivity index (χ2v) is 4.06. The lowest BCUT2D eigenvalue weighted by atomic mass is 10.00. The maximum Gasteiger partial charge on any atom is 0.0385 e. The molecule has 0 atom stereocenters. The summed E-state index contributed by atoms with van der Waals surface area (Å²) in [6, 6.07) is 17.0. The van der Waals surface area contributed by atoms with E-state index in [1.54, 1.807) is 0 Å². The van der Waals surface area contributed by atoms with Crippen molar-refractivity contribution in [1.29, 1.82) is 0 Å². The fourth-order valence-electron chi connectivity index (χ4n) is 2.34. The summed E-state index contributed by atoms with van der Waals surface area (Å²) in [7, 11) is 0. The highest BCUT2D eigenvalue weighted by molar-refractivity contribution is 7.79. The molecule has 0 saturated heterocycles. The van der Waals surface area contributed by atoms with Crippen LogP contribution in [-0.2, 0) is 0 Å². The van der Waals surface area contributed by atoms with Gasteiger partial charge in [-0.2, -0.15) is 0 Å². The van der Waals surface area contributed by atoms with E-state index in [1.165, 1.54) is 22.3 Å². The number of hydrogen-bond acceptors (Lipinski definition) is 1. The molecule has 1 aliphatic carbocycles. The van der Waals surface area contributed by atoms with Gasteiger partial charge in [0.05, 0.1) is 0 Å². The second-order valence-electron chi connectivity index (χ2n) is 3.79. The molecule has 0 heterocycles. The van der Waals surface area contributed by atoms with Crippen LogP contribution in [0.15, 0.2) is 48.5 Å². The van der Waals surface area contributed by atoms with E-state index in [0.717, 1.165) is 0 Å². The topological polar surface area (TPSA) is 0 Å². The lowest BCUT2D eigenvalue weighted by Gasteiger charge is -2.05. The predicted molar refractivity (Wildman–Crippen MR) is 67.4 cm³/mol. The molecule has 2 aromatic rings. The largest absolute Gasteiger partial charge is 0.0924 e. The second kappa shape index (κ2) is 3.28. The Morgan fingerprint density at radius 3 is 1.73 bits per heavy atom. The van der Waals surface area contributed by atoms with E-state index in [-0.39, 0.29) is 0 Å². The number of fused-ring (bicyclic) bond motifs is 3. The minimum atomic E-state index is 0.299. The number of rotatable bonds is 1. The monoisotopic (exact) mass is 210 g/mol. The molecule has 0 spiro atoms. The zero-order chi connectivity index (χ0) is 10.3. The van der Waals surface area contributed by atoms with Crippen LogP contribution in [0.5, 0.6) is 0 Å². The standard InChI is InChI=1S/C14H10S/c15-9-14-12-7-3-1-5-10(12)11-6-2-4-8-13(11)14/h1-9,14H. The average molecular weight is 210 g/mol. The van der Waals surface area contributed by atoms with Crippen molar-refractivity contribution >= 4 is 17.6 Å². The molecule has 0 amide bonds. The zero-order valence-electron chi connectivity index (χ0n) is 8.18. The quantitative estimate of drug-likeness (QED) is 0.645. The Morgan fingerprint density at radius 1 is 0.800 bits per heavy atom. The van der Waals surface area contributed by atoms with Crippen LogP contribution >= 0.6 is 12.2 Å². The van der Waals surface area contributed by atoms with Crippen LogP contribution in [0, 0.1) is 0 Å². The van der Waals surface area contributed by atoms with E-state index in [1.807, 2.05) is 5.37 Å². The third kappa shape index (κ3) is 1.17. The average Bonchev–Trinajstić information content (AvgIpc) is 2.63. The number of hydrogen-bond donors (Lipinski definition) is 0. The first-order chi connectivity index (χ1) is 7.42. The van der Waals surface area contributed by atoms with Gasteiger partial charge in [-0.3, -0.25) is 0 Å². The van der Waals surface area contributed by atoms with E-state index >= 15 is 0 Å². The van der Waals surface area contributed by atoms with Crippen LogP contribution in [0.3, 0.4) is 0 Å². The van der Waals surface area contributed by atoms with E-state index in [9.17, 15) is 0 Å². The van der Waals surface area contributed by atoms with Gasteiger partial charge in [-0.25, -0.2) is 0 Å². The zero-order valence-corrected chi connectivity index (χ0v) is 9.00. The minimum absolute atomic E-state index is 0.299. The summed E-state index contributed by atoms with van der Waals surface area (Å²) >= 11 is 5.14. The summed E-state index contributed by atoms with van der Waals surface area (Å²) in [5, 5.41) is 1.87. The highest BCUT2D eigenvalue weighted by Crippen LogP contribution is 2.43. The Balaban J connectivity index is 2.35. The van der Waals surface area contributed by atoms with Gasteiger partial charge in [0.2, 0.25) is 0 Å². The molecule has 0 bridgehead atoms. The van der Waals surface area contributed by atoms with Gasteiger partial charge in [0.15, 0.2) is 0 Å². The van der Waals surface area contributed by atoms with Gasteiger partial charge in [-0.05, 0) is 27.6 Å². The Hall–Kier alpha value is -1.47. The molecule has 15 heavy (non-hydrogen) atoms. The van der Waals surface area contributed by atoms with Gasteiger partial charge in [-0.1, -0.05) is 60.7 Å². The number of thiocarbonyl (C=S) groups is 1. The van der Waals surface area contributed by atoms with Crippen molar-refractivity contribution in [3.05, 3.63) is 59.7 Å². The molecule has 0 fully saturated rings. The third-order valence-electron chi connectivity index (χ3n) is 3.02. The predicted octanol–water partition coefficient (Wildman–Crippen LogP) is 3.80. The van der Waals surface area contributed by atoms with Crippen molar-refractivity contribution in [3.8, 4) is 11.1 Å². The lowest BCUT2D eigenvalue weighted by molar-refractivity contribution is 1.18.